The normalized spacial score (nSPS) is 10.7. The highest BCUT2D eigenvalue weighted by atomic mass is 16.5. The first kappa shape index (κ1) is 14.8. The largest absolute Gasteiger partial charge is 0.496 e. The van der Waals surface area contributed by atoms with Crippen LogP contribution in [0.4, 0.5) is 0 Å². The molecule has 0 aliphatic heterocycles. The molecule has 0 spiro atoms. The number of rotatable bonds is 3. The number of methoxy groups -OCH3 is 1. The maximum Gasteiger partial charge on any atom is 0.348 e. The fraction of sp³-hybridized carbons (Fsp3) is 0.200. The number of H-pyrrole nitrogens is 1. The highest BCUT2D eigenvalue weighted by Gasteiger charge is 2.15. The van der Waals surface area contributed by atoms with E-state index in [4.69, 9.17) is 4.74 Å². The van der Waals surface area contributed by atoms with Gasteiger partial charge in [0.05, 0.1) is 12.8 Å². The van der Waals surface area contributed by atoms with E-state index in [1.165, 1.54) is 7.05 Å². The molecule has 0 atom stereocenters. The van der Waals surface area contributed by atoms with Crippen molar-refractivity contribution in [1.82, 2.24) is 24.9 Å². The van der Waals surface area contributed by atoms with Crippen LogP contribution in [-0.4, -0.2) is 39.6 Å². The lowest BCUT2D eigenvalue weighted by Crippen LogP contribution is -2.21. The average molecular weight is 313 g/mol. The molecule has 0 fully saturated rings. The van der Waals surface area contributed by atoms with Crippen molar-refractivity contribution < 1.29 is 9.53 Å². The fourth-order valence-electron chi connectivity index (χ4n) is 2.27. The number of aromatic nitrogens is 4. The predicted molar refractivity (Wildman–Crippen MR) is 83.7 cm³/mol. The van der Waals surface area contributed by atoms with Gasteiger partial charge in [0.15, 0.2) is 5.65 Å². The third kappa shape index (κ3) is 2.54. The average Bonchev–Trinajstić information content (AvgIpc) is 2.98. The summed E-state index contributed by atoms with van der Waals surface area (Å²) < 4.78 is 6.41. The SMILES string of the molecule is CNC(=O)c1nc2cc(-c3ccc(C)cc3OC)[nH]c(=O)n2n1. The Morgan fingerprint density at radius 1 is 1.35 bits per heavy atom. The molecule has 0 aliphatic carbocycles. The molecule has 1 aromatic carbocycles. The Hall–Kier alpha value is -3.16. The Kier molecular flexibility index (Phi) is 3.57. The summed E-state index contributed by atoms with van der Waals surface area (Å²) >= 11 is 0. The molecular weight excluding hydrogens is 298 g/mol. The molecule has 8 heteroatoms. The van der Waals surface area contributed by atoms with E-state index in [9.17, 15) is 9.59 Å². The zero-order valence-corrected chi connectivity index (χ0v) is 12.9. The van der Waals surface area contributed by atoms with Gasteiger partial charge in [-0.1, -0.05) is 6.07 Å². The molecule has 118 valence electrons. The van der Waals surface area contributed by atoms with E-state index in [1.807, 2.05) is 25.1 Å². The number of nitrogens with one attached hydrogen (secondary N) is 2. The van der Waals surface area contributed by atoms with E-state index in [1.54, 1.807) is 13.2 Å². The second kappa shape index (κ2) is 5.56. The number of fused-ring (bicyclic) bond motifs is 1. The highest BCUT2D eigenvalue weighted by Crippen LogP contribution is 2.29. The van der Waals surface area contributed by atoms with Gasteiger partial charge in [0.25, 0.3) is 5.91 Å². The summed E-state index contributed by atoms with van der Waals surface area (Å²) in [6.07, 6.45) is 0. The minimum atomic E-state index is -0.484. The van der Waals surface area contributed by atoms with Crippen molar-refractivity contribution in [3.63, 3.8) is 0 Å². The quantitative estimate of drug-likeness (QED) is 0.743. The van der Waals surface area contributed by atoms with Crippen LogP contribution in [0.3, 0.4) is 0 Å². The van der Waals surface area contributed by atoms with Gasteiger partial charge in [0.2, 0.25) is 5.82 Å². The smallest absolute Gasteiger partial charge is 0.348 e. The molecule has 8 nitrogen and oxygen atoms in total. The third-order valence-electron chi connectivity index (χ3n) is 3.42. The van der Waals surface area contributed by atoms with Gasteiger partial charge in [-0.3, -0.25) is 4.79 Å². The number of ether oxygens (including phenoxy) is 1. The zero-order valence-electron chi connectivity index (χ0n) is 12.9. The van der Waals surface area contributed by atoms with E-state index in [0.29, 0.717) is 11.4 Å². The van der Waals surface area contributed by atoms with Crippen LogP contribution in [0, 0.1) is 6.92 Å². The molecule has 23 heavy (non-hydrogen) atoms. The maximum absolute atomic E-state index is 12.2. The van der Waals surface area contributed by atoms with E-state index < -0.39 is 11.6 Å². The lowest BCUT2D eigenvalue weighted by Gasteiger charge is -2.09. The third-order valence-corrected chi connectivity index (χ3v) is 3.42. The van der Waals surface area contributed by atoms with Gasteiger partial charge in [-0.05, 0) is 24.6 Å². The van der Waals surface area contributed by atoms with E-state index >= 15 is 0 Å². The first-order valence-electron chi connectivity index (χ1n) is 6.90. The van der Waals surface area contributed by atoms with Crippen molar-refractivity contribution >= 4 is 11.6 Å². The summed E-state index contributed by atoms with van der Waals surface area (Å²) in [5.74, 6) is 0.115. The Bertz CT molecular complexity index is 957. The zero-order chi connectivity index (χ0) is 16.6. The van der Waals surface area contributed by atoms with E-state index in [-0.39, 0.29) is 11.5 Å². The van der Waals surface area contributed by atoms with Gasteiger partial charge < -0.3 is 15.0 Å². The van der Waals surface area contributed by atoms with Crippen molar-refractivity contribution in [2.24, 2.45) is 0 Å². The number of aromatic amines is 1. The molecule has 3 aromatic rings. The molecule has 3 rings (SSSR count). The topological polar surface area (TPSA) is 101 Å². The Morgan fingerprint density at radius 3 is 2.83 bits per heavy atom. The summed E-state index contributed by atoms with van der Waals surface area (Å²) in [6, 6.07) is 7.29. The number of carbonyl (C=O) groups is 1. The van der Waals surface area contributed by atoms with Crippen molar-refractivity contribution in [2.45, 2.75) is 6.92 Å². The van der Waals surface area contributed by atoms with Crippen molar-refractivity contribution in [2.75, 3.05) is 14.2 Å². The van der Waals surface area contributed by atoms with Gasteiger partial charge in [-0.15, -0.1) is 5.10 Å². The summed E-state index contributed by atoms with van der Waals surface area (Å²) in [4.78, 5) is 30.6. The molecule has 0 saturated carbocycles. The van der Waals surface area contributed by atoms with Crippen LogP contribution >= 0.6 is 0 Å². The number of hydrogen-bond donors (Lipinski definition) is 2. The second-order valence-electron chi connectivity index (χ2n) is 4.98. The molecule has 2 N–H and O–H groups in total. The molecule has 0 aliphatic rings. The first-order chi connectivity index (χ1) is 11.0. The summed E-state index contributed by atoms with van der Waals surface area (Å²) in [7, 11) is 3.04. The van der Waals surface area contributed by atoms with Crippen molar-refractivity contribution in [3.05, 3.63) is 46.1 Å². The van der Waals surface area contributed by atoms with Crippen LogP contribution < -0.4 is 15.7 Å². The van der Waals surface area contributed by atoms with Crippen LogP contribution in [0.15, 0.2) is 29.1 Å². The molecule has 2 heterocycles. The number of hydrogen-bond acceptors (Lipinski definition) is 5. The number of aryl methyl sites for hydroxylation is 1. The monoisotopic (exact) mass is 313 g/mol. The summed E-state index contributed by atoms with van der Waals surface area (Å²) in [5.41, 5.74) is 2.10. The first-order valence-corrected chi connectivity index (χ1v) is 6.90. The number of benzene rings is 1. The minimum Gasteiger partial charge on any atom is -0.496 e. The Morgan fingerprint density at radius 2 is 2.13 bits per heavy atom. The van der Waals surface area contributed by atoms with Gasteiger partial charge in [0, 0.05) is 18.7 Å². The van der Waals surface area contributed by atoms with Crippen LogP contribution in [0.25, 0.3) is 16.9 Å². The molecule has 1 amide bonds. The van der Waals surface area contributed by atoms with Gasteiger partial charge in [-0.25, -0.2) is 9.78 Å². The Labute approximate surface area is 131 Å². The highest BCUT2D eigenvalue weighted by molar-refractivity contribution is 5.90. The van der Waals surface area contributed by atoms with Crippen molar-refractivity contribution in [3.8, 4) is 17.0 Å². The van der Waals surface area contributed by atoms with E-state index in [0.717, 1.165) is 15.6 Å². The molecular formula is C15H15N5O3. The standard InChI is InChI=1S/C15H15N5O3/c1-8-4-5-9(11(6-8)23-3)10-7-12-18-13(14(21)16-2)19-20(12)15(22)17-10/h4-7H,1-3H3,(H,16,21)(H,17,22). The molecule has 0 unspecified atom stereocenters. The molecule has 0 saturated heterocycles. The molecule has 2 aromatic heterocycles. The summed E-state index contributed by atoms with van der Waals surface area (Å²) in [5, 5.41) is 6.32. The lowest BCUT2D eigenvalue weighted by molar-refractivity contribution is 0.0953. The second-order valence-corrected chi connectivity index (χ2v) is 4.98. The van der Waals surface area contributed by atoms with Crippen LogP contribution in [0.5, 0.6) is 5.75 Å². The van der Waals surface area contributed by atoms with Crippen molar-refractivity contribution in [1.29, 1.82) is 0 Å². The van der Waals surface area contributed by atoms with Gasteiger partial charge in [-0.2, -0.15) is 4.52 Å². The Balaban J connectivity index is 2.20. The number of amides is 1. The minimum absolute atomic E-state index is 0.0639. The number of nitrogens with zero attached hydrogens (tertiary/aromatic N) is 3. The summed E-state index contributed by atoms with van der Waals surface area (Å²) in [6.45, 7) is 1.95. The maximum atomic E-state index is 12.2. The lowest BCUT2D eigenvalue weighted by atomic mass is 10.1. The fourth-order valence-corrected chi connectivity index (χ4v) is 2.27. The molecule has 0 bridgehead atoms. The van der Waals surface area contributed by atoms with Gasteiger partial charge in [0.1, 0.15) is 5.75 Å². The van der Waals surface area contributed by atoms with Crippen LogP contribution in [-0.2, 0) is 0 Å². The van der Waals surface area contributed by atoms with Gasteiger partial charge >= 0.3 is 5.69 Å². The van der Waals surface area contributed by atoms with E-state index in [2.05, 4.69) is 20.4 Å². The van der Waals surface area contributed by atoms with Crippen LogP contribution in [0.2, 0.25) is 0 Å². The molecule has 0 radical (unpaired) electrons. The number of carbonyl (C=O) groups excluding carboxylic acids is 1. The van der Waals surface area contributed by atoms with Crippen LogP contribution in [0.1, 0.15) is 16.2 Å². The predicted octanol–water partition coefficient (Wildman–Crippen LogP) is 0.761.